The number of carboxylic acids is 1. The van der Waals surface area contributed by atoms with Gasteiger partial charge in [0.2, 0.25) is 0 Å². The molecule has 3 N–H and O–H groups in total. The zero-order valence-electron chi connectivity index (χ0n) is 9.51. The van der Waals surface area contributed by atoms with Gasteiger partial charge in [0.05, 0.1) is 11.3 Å². The lowest BCUT2D eigenvalue weighted by atomic mass is 10.1. The van der Waals surface area contributed by atoms with Gasteiger partial charge in [-0.05, 0) is 26.0 Å². The molecule has 6 nitrogen and oxygen atoms in total. The first-order chi connectivity index (χ1) is 8.00. The number of aromatic carboxylic acids is 1. The van der Waals surface area contributed by atoms with E-state index < -0.39 is 5.97 Å². The largest absolute Gasteiger partial charge is 0.478 e. The Balaban J connectivity index is 2.74. The van der Waals surface area contributed by atoms with E-state index in [2.05, 4.69) is 10.1 Å². The van der Waals surface area contributed by atoms with Crippen molar-refractivity contribution in [2.24, 2.45) is 0 Å². The van der Waals surface area contributed by atoms with E-state index in [0.717, 1.165) is 0 Å². The topological polar surface area (TPSA) is 94.0 Å². The number of carbonyl (C=O) groups is 1. The fourth-order valence-electron chi connectivity index (χ4n) is 1.70. The minimum Gasteiger partial charge on any atom is -0.478 e. The molecule has 0 aliphatic heterocycles. The summed E-state index contributed by atoms with van der Waals surface area (Å²) in [5.41, 5.74) is 6.65. The number of benzene rings is 1. The molecule has 17 heavy (non-hydrogen) atoms. The van der Waals surface area contributed by atoms with E-state index in [4.69, 9.17) is 10.8 Å². The molecule has 1 aromatic carbocycles. The van der Waals surface area contributed by atoms with Crippen LogP contribution >= 0.6 is 0 Å². The predicted molar refractivity (Wildman–Crippen MR) is 62.2 cm³/mol. The van der Waals surface area contributed by atoms with E-state index in [1.54, 1.807) is 26.0 Å². The van der Waals surface area contributed by atoms with Crippen molar-refractivity contribution < 1.29 is 9.90 Å². The molecular weight excluding hydrogens is 220 g/mol. The fraction of sp³-hybridized carbons (Fsp3) is 0.182. The monoisotopic (exact) mass is 232 g/mol. The number of nitrogens with two attached hydrogens (primary N) is 1. The first kappa shape index (κ1) is 11.1. The van der Waals surface area contributed by atoms with Crippen LogP contribution in [0.3, 0.4) is 0 Å². The lowest BCUT2D eigenvalue weighted by Crippen LogP contribution is -2.11. The first-order valence-electron chi connectivity index (χ1n) is 5.03. The van der Waals surface area contributed by atoms with Gasteiger partial charge in [-0.3, -0.25) is 0 Å². The van der Waals surface area contributed by atoms with Crippen LogP contribution in [0, 0.1) is 13.8 Å². The number of hydrogen-bond donors (Lipinski definition) is 2. The minimum atomic E-state index is -1.04. The quantitative estimate of drug-likeness (QED) is 0.758. The molecule has 0 aliphatic rings. The number of nitrogen functional groups attached to an aromatic ring is 1. The molecule has 0 amide bonds. The molecule has 1 aromatic heterocycles. The van der Waals surface area contributed by atoms with Crippen molar-refractivity contribution in [3.63, 3.8) is 0 Å². The van der Waals surface area contributed by atoms with Gasteiger partial charge in [-0.25, -0.2) is 14.5 Å². The highest BCUT2D eigenvalue weighted by atomic mass is 16.4. The van der Waals surface area contributed by atoms with E-state index in [1.807, 2.05) is 0 Å². The van der Waals surface area contributed by atoms with Gasteiger partial charge in [0.15, 0.2) is 0 Å². The van der Waals surface area contributed by atoms with Crippen LogP contribution in [0.25, 0.3) is 5.69 Å². The van der Waals surface area contributed by atoms with Crippen molar-refractivity contribution in [2.45, 2.75) is 13.8 Å². The summed E-state index contributed by atoms with van der Waals surface area (Å²) in [6.07, 6.45) is 0. The Morgan fingerprint density at radius 2 is 2.12 bits per heavy atom. The van der Waals surface area contributed by atoms with Gasteiger partial charge in [-0.2, -0.15) is 5.10 Å². The molecule has 1 heterocycles. The van der Waals surface area contributed by atoms with Crippen LogP contribution in [0.5, 0.6) is 0 Å². The zero-order valence-corrected chi connectivity index (χ0v) is 9.51. The Morgan fingerprint density at radius 3 is 2.65 bits per heavy atom. The number of aryl methyl sites for hydroxylation is 2. The second-order valence-corrected chi connectivity index (χ2v) is 3.67. The standard InChI is InChI=1S/C11H12N4O2/c1-6-13-7(2)15(14-6)10-8(11(16)17)4-3-5-9(10)12/h3-5H,12H2,1-2H3,(H,16,17). The number of anilines is 1. The Labute approximate surface area is 97.7 Å². The van der Waals surface area contributed by atoms with Gasteiger partial charge in [0.25, 0.3) is 0 Å². The van der Waals surface area contributed by atoms with Crippen LogP contribution in [0.2, 0.25) is 0 Å². The summed E-state index contributed by atoms with van der Waals surface area (Å²) < 4.78 is 1.45. The zero-order chi connectivity index (χ0) is 12.6. The second-order valence-electron chi connectivity index (χ2n) is 3.67. The van der Waals surface area contributed by atoms with Crippen LogP contribution in [-0.4, -0.2) is 25.8 Å². The Bertz CT molecular complexity index is 589. The van der Waals surface area contributed by atoms with Crippen LogP contribution in [0.4, 0.5) is 5.69 Å². The highest BCUT2D eigenvalue weighted by molar-refractivity contribution is 5.94. The van der Waals surface area contributed by atoms with Crippen LogP contribution in [0.15, 0.2) is 18.2 Å². The van der Waals surface area contributed by atoms with Gasteiger partial charge in [-0.1, -0.05) is 6.07 Å². The average molecular weight is 232 g/mol. The van der Waals surface area contributed by atoms with Crippen molar-refractivity contribution in [3.8, 4) is 5.69 Å². The number of rotatable bonds is 2. The summed E-state index contributed by atoms with van der Waals surface area (Å²) in [4.78, 5) is 15.3. The first-order valence-corrected chi connectivity index (χ1v) is 5.03. The molecule has 0 radical (unpaired) electrons. The number of aromatic nitrogens is 3. The lowest BCUT2D eigenvalue weighted by Gasteiger charge is -2.09. The third-order valence-corrected chi connectivity index (χ3v) is 2.38. The molecule has 0 spiro atoms. The normalized spacial score (nSPS) is 10.5. The number of nitrogens with zero attached hydrogens (tertiary/aromatic N) is 3. The molecule has 0 atom stereocenters. The second kappa shape index (κ2) is 3.89. The Kier molecular flexibility index (Phi) is 2.55. The van der Waals surface area contributed by atoms with Gasteiger partial charge in [-0.15, -0.1) is 0 Å². The van der Waals surface area contributed by atoms with Gasteiger partial charge < -0.3 is 10.8 Å². The summed E-state index contributed by atoms with van der Waals surface area (Å²) in [6.45, 7) is 3.49. The van der Waals surface area contributed by atoms with E-state index in [9.17, 15) is 4.79 Å². The molecule has 0 aliphatic carbocycles. The van der Waals surface area contributed by atoms with E-state index in [1.165, 1.54) is 10.7 Å². The van der Waals surface area contributed by atoms with E-state index in [-0.39, 0.29) is 5.56 Å². The summed E-state index contributed by atoms with van der Waals surface area (Å²) in [7, 11) is 0. The van der Waals surface area contributed by atoms with Crippen LogP contribution in [-0.2, 0) is 0 Å². The van der Waals surface area contributed by atoms with Crippen LogP contribution in [0.1, 0.15) is 22.0 Å². The molecule has 6 heteroatoms. The lowest BCUT2D eigenvalue weighted by molar-refractivity contribution is 0.0697. The number of hydrogen-bond acceptors (Lipinski definition) is 4. The average Bonchev–Trinajstić information content (AvgIpc) is 2.57. The van der Waals surface area contributed by atoms with Gasteiger partial charge in [0.1, 0.15) is 17.3 Å². The van der Waals surface area contributed by atoms with E-state index >= 15 is 0 Å². The smallest absolute Gasteiger partial charge is 0.337 e. The van der Waals surface area contributed by atoms with Crippen molar-refractivity contribution in [1.29, 1.82) is 0 Å². The molecule has 0 saturated heterocycles. The number of carboxylic acid groups (broad SMARTS) is 1. The Morgan fingerprint density at radius 1 is 1.41 bits per heavy atom. The molecular formula is C11H12N4O2. The third-order valence-electron chi connectivity index (χ3n) is 2.38. The van der Waals surface area contributed by atoms with Crippen molar-refractivity contribution in [1.82, 2.24) is 14.8 Å². The SMILES string of the molecule is Cc1nc(C)n(-c2c(N)cccc2C(=O)O)n1. The van der Waals surface area contributed by atoms with Gasteiger partial charge in [0, 0.05) is 0 Å². The molecule has 0 bridgehead atoms. The molecule has 88 valence electrons. The molecule has 2 rings (SSSR count). The Hall–Kier alpha value is -2.37. The summed E-state index contributed by atoms with van der Waals surface area (Å²) in [5.74, 6) is 0.129. The maximum atomic E-state index is 11.1. The summed E-state index contributed by atoms with van der Waals surface area (Å²) in [5, 5.41) is 13.3. The van der Waals surface area contributed by atoms with Gasteiger partial charge >= 0.3 is 5.97 Å². The van der Waals surface area contributed by atoms with Crippen molar-refractivity contribution >= 4 is 11.7 Å². The molecule has 0 unspecified atom stereocenters. The highest BCUT2D eigenvalue weighted by Gasteiger charge is 2.17. The maximum Gasteiger partial charge on any atom is 0.337 e. The predicted octanol–water partition coefficient (Wildman–Crippen LogP) is 1.16. The number of para-hydroxylation sites is 1. The summed E-state index contributed by atoms with van der Waals surface area (Å²) >= 11 is 0. The third kappa shape index (κ3) is 1.84. The molecule has 2 aromatic rings. The van der Waals surface area contributed by atoms with Crippen molar-refractivity contribution in [2.75, 3.05) is 5.73 Å². The maximum absolute atomic E-state index is 11.1. The van der Waals surface area contributed by atoms with E-state index in [0.29, 0.717) is 23.0 Å². The summed E-state index contributed by atoms with van der Waals surface area (Å²) in [6, 6.07) is 4.73. The highest BCUT2D eigenvalue weighted by Crippen LogP contribution is 2.22. The van der Waals surface area contributed by atoms with Crippen molar-refractivity contribution in [3.05, 3.63) is 35.4 Å². The molecule has 0 fully saturated rings. The van der Waals surface area contributed by atoms with Crippen LogP contribution < -0.4 is 5.73 Å². The molecule has 0 saturated carbocycles. The minimum absolute atomic E-state index is 0.109. The fourth-order valence-corrected chi connectivity index (χ4v) is 1.70.